The van der Waals surface area contributed by atoms with Crippen molar-refractivity contribution in [3.8, 4) is 0 Å². The molecule has 7 heteroatoms. The number of aliphatic hydroxyl groups excluding tert-OH is 1. The van der Waals surface area contributed by atoms with Gasteiger partial charge in [0.25, 0.3) is 10.0 Å². The lowest BCUT2D eigenvalue weighted by Crippen LogP contribution is -2.24. The zero-order valence-corrected chi connectivity index (χ0v) is 13.3. The van der Waals surface area contributed by atoms with Gasteiger partial charge in [-0.15, -0.1) is 0 Å². The lowest BCUT2D eigenvalue weighted by atomic mass is 10.1. The number of benzene rings is 2. The summed E-state index contributed by atoms with van der Waals surface area (Å²) in [7, 11) is -3.74. The minimum Gasteiger partial charge on any atom is -0.362 e. The number of carbonyl (C=O) groups is 1. The van der Waals surface area contributed by atoms with Gasteiger partial charge in [0.15, 0.2) is 0 Å². The SMILES string of the molecule is CCOC(O)C(=O)c1cccc(NS(=O)(=O)c2ccccc2)c1. The Bertz CT molecular complexity index is 774. The first-order chi connectivity index (χ1) is 10.9. The standard InChI is InChI=1S/C16H17NO5S/c1-2-22-16(19)15(18)12-7-6-8-13(11-12)17-23(20,21)14-9-4-3-5-10-14/h3-11,16-17,19H,2H2,1H3. The molecule has 0 spiro atoms. The smallest absolute Gasteiger partial charge is 0.261 e. The summed E-state index contributed by atoms with van der Waals surface area (Å²) in [4.78, 5) is 12.1. The number of ketones is 1. The van der Waals surface area contributed by atoms with Crippen LogP contribution in [0.15, 0.2) is 59.5 Å². The minimum atomic E-state index is -3.74. The van der Waals surface area contributed by atoms with Crippen molar-refractivity contribution < 1.29 is 23.1 Å². The Kier molecular flexibility index (Phi) is 5.49. The van der Waals surface area contributed by atoms with Crippen LogP contribution in [0.25, 0.3) is 0 Å². The molecule has 1 atom stereocenters. The van der Waals surface area contributed by atoms with Crippen molar-refractivity contribution in [2.75, 3.05) is 11.3 Å². The summed E-state index contributed by atoms with van der Waals surface area (Å²) in [5.41, 5.74) is 0.377. The molecule has 0 fully saturated rings. The van der Waals surface area contributed by atoms with Gasteiger partial charge >= 0.3 is 0 Å². The molecule has 2 N–H and O–H groups in total. The van der Waals surface area contributed by atoms with E-state index in [-0.39, 0.29) is 22.8 Å². The molecular formula is C16H17NO5S. The minimum absolute atomic E-state index is 0.117. The van der Waals surface area contributed by atoms with Crippen LogP contribution in [-0.4, -0.2) is 32.2 Å². The Morgan fingerprint density at radius 1 is 1.17 bits per heavy atom. The molecule has 0 heterocycles. The van der Waals surface area contributed by atoms with Gasteiger partial charge in [-0.2, -0.15) is 0 Å². The highest BCUT2D eigenvalue weighted by Crippen LogP contribution is 2.18. The summed E-state index contributed by atoms with van der Waals surface area (Å²) in [5.74, 6) is -0.632. The molecule has 6 nitrogen and oxygen atoms in total. The fraction of sp³-hybridized carbons (Fsp3) is 0.188. The fourth-order valence-corrected chi connectivity index (χ4v) is 3.00. The number of aliphatic hydroxyl groups is 1. The van der Waals surface area contributed by atoms with Crippen molar-refractivity contribution in [3.05, 3.63) is 60.2 Å². The van der Waals surface area contributed by atoms with E-state index in [0.717, 1.165) is 0 Å². The molecule has 23 heavy (non-hydrogen) atoms. The number of nitrogens with one attached hydrogen (secondary N) is 1. The van der Waals surface area contributed by atoms with E-state index in [1.807, 2.05) is 0 Å². The number of anilines is 1. The number of rotatable bonds is 7. The van der Waals surface area contributed by atoms with E-state index in [4.69, 9.17) is 4.74 Å². The number of hydrogen-bond acceptors (Lipinski definition) is 5. The van der Waals surface area contributed by atoms with Gasteiger partial charge in [-0.25, -0.2) is 8.42 Å². The molecule has 0 aliphatic rings. The van der Waals surface area contributed by atoms with Crippen molar-refractivity contribution >= 4 is 21.5 Å². The second kappa shape index (κ2) is 7.36. The summed E-state index contributed by atoms with van der Waals surface area (Å²) in [5, 5.41) is 9.56. The molecule has 0 amide bonds. The maximum Gasteiger partial charge on any atom is 0.261 e. The number of carbonyl (C=O) groups excluding carboxylic acids is 1. The van der Waals surface area contributed by atoms with Gasteiger partial charge in [0.2, 0.25) is 12.1 Å². The molecule has 0 aliphatic heterocycles. The number of ether oxygens (including phenoxy) is 1. The maximum atomic E-state index is 12.2. The Hall–Kier alpha value is -2.22. The van der Waals surface area contributed by atoms with E-state index >= 15 is 0 Å². The van der Waals surface area contributed by atoms with Crippen LogP contribution < -0.4 is 4.72 Å². The highest BCUT2D eigenvalue weighted by molar-refractivity contribution is 7.92. The van der Waals surface area contributed by atoms with Crippen LogP contribution >= 0.6 is 0 Å². The molecule has 1 unspecified atom stereocenters. The highest BCUT2D eigenvalue weighted by Gasteiger charge is 2.19. The first-order valence-electron chi connectivity index (χ1n) is 6.96. The molecule has 0 saturated carbocycles. The van der Waals surface area contributed by atoms with Crippen molar-refractivity contribution in [1.82, 2.24) is 0 Å². The third-order valence-corrected chi connectivity index (χ3v) is 4.40. The molecule has 0 aliphatic carbocycles. The van der Waals surface area contributed by atoms with Crippen LogP contribution in [-0.2, 0) is 14.8 Å². The Morgan fingerprint density at radius 3 is 2.52 bits per heavy atom. The zero-order chi connectivity index (χ0) is 16.9. The van der Waals surface area contributed by atoms with Crippen LogP contribution in [0.2, 0.25) is 0 Å². The van der Waals surface area contributed by atoms with Crippen molar-refractivity contribution in [1.29, 1.82) is 0 Å². The van der Waals surface area contributed by atoms with E-state index < -0.39 is 22.1 Å². The van der Waals surface area contributed by atoms with Crippen LogP contribution in [0.3, 0.4) is 0 Å². The van der Waals surface area contributed by atoms with Gasteiger partial charge in [-0.1, -0.05) is 30.3 Å². The average molecular weight is 335 g/mol. The first kappa shape index (κ1) is 17.1. The Balaban J connectivity index is 2.22. The maximum absolute atomic E-state index is 12.2. The van der Waals surface area contributed by atoms with Gasteiger partial charge in [0, 0.05) is 17.9 Å². The molecule has 2 aromatic carbocycles. The molecular weight excluding hydrogens is 318 g/mol. The van der Waals surface area contributed by atoms with Gasteiger partial charge in [-0.3, -0.25) is 9.52 Å². The van der Waals surface area contributed by atoms with Crippen molar-refractivity contribution in [2.45, 2.75) is 18.1 Å². The monoisotopic (exact) mass is 335 g/mol. The van der Waals surface area contributed by atoms with E-state index in [2.05, 4.69) is 4.72 Å². The number of hydrogen-bond donors (Lipinski definition) is 2. The molecule has 0 saturated heterocycles. The lowest BCUT2D eigenvalue weighted by Gasteiger charge is -2.11. The van der Waals surface area contributed by atoms with Crippen LogP contribution in [0, 0.1) is 0 Å². The summed E-state index contributed by atoms with van der Waals surface area (Å²) < 4.78 is 31.7. The average Bonchev–Trinajstić information content (AvgIpc) is 2.55. The summed E-state index contributed by atoms with van der Waals surface area (Å²) in [6, 6.07) is 13.8. The van der Waals surface area contributed by atoms with E-state index in [9.17, 15) is 18.3 Å². The third-order valence-electron chi connectivity index (χ3n) is 3.00. The number of Topliss-reactive ketones (excluding diaryl/α,β-unsaturated/α-hetero) is 1. The topological polar surface area (TPSA) is 92.7 Å². The molecule has 0 radical (unpaired) electrons. The summed E-state index contributed by atoms with van der Waals surface area (Å²) >= 11 is 0. The first-order valence-corrected chi connectivity index (χ1v) is 8.44. The van der Waals surface area contributed by atoms with Crippen LogP contribution in [0.1, 0.15) is 17.3 Å². The Morgan fingerprint density at radius 2 is 1.87 bits per heavy atom. The molecule has 122 valence electrons. The molecule has 2 rings (SSSR count). The van der Waals surface area contributed by atoms with Crippen molar-refractivity contribution in [2.24, 2.45) is 0 Å². The lowest BCUT2D eigenvalue weighted by molar-refractivity contribution is -0.0674. The van der Waals surface area contributed by atoms with Crippen molar-refractivity contribution in [3.63, 3.8) is 0 Å². The third kappa shape index (κ3) is 4.38. The molecule has 2 aromatic rings. The summed E-state index contributed by atoms with van der Waals surface area (Å²) in [6.07, 6.45) is -1.57. The van der Waals surface area contributed by atoms with E-state index in [1.54, 1.807) is 25.1 Å². The van der Waals surface area contributed by atoms with E-state index in [0.29, 0.717) is 0 Å². The number of sulfonamides is 1. The zero-order valence-electron chi connectivity index (χ0n) is 12.5. The molecule has 0 bridgehead atoms. The van der Waals surface area contributed by atoms with Gasteiger partial charge in [-0.05, 0) is 31.2 Å². The van der Waals surface area contributed by atoms with Crippen LogP contribution in [0.4, 0.5) is 5.69 Å². The predicted octanol–water partition coefficient (Wildman–Crippen LogP) is 2.02. The Labute approximate surface area is 134 Å². The predicted molar refractivity (Wildman–Crippen MR) is 85.7 cm³/mol. The highest BCUT2D eigenvalue weighted by atomic mass is 32.2. The van der Waals surface area contributed by atoms with Gasteiger partial charge in [0.1, 0.15) is 0 Å². The summed E-state index contributed by atoms with van der Waals surface area (Å²) in [6.45, 7) is 1.84. The van der Waals surface area contributed by atoms with Gasteiger partial charge in [0.05, 0.1) is 4.90 Å². The second-order valence-corrected chi connectivity index (χ2v) is 6.35. The second-order valence-electron chi connectivity index (χ2n) is 4.67. The molecule has 0 aromatic heterocycles. The van der Waals surface area contributed by atoms with E-state index in [1.165, 1.54) is 36.4 Å². The fourth-order valence-electron chi connectivity index (χ4n) is 1.93. The van der Waals surface area contributed by atoms with Gasteiger partial charge < -0.3 is 9.84 Å². The largest absolute Gasteiger partial charge is 0.362 e. The normalized spacial score (nSPS) is 12.6. The quantitative estimate of drug-likeness (QED) is 0.596. The van der Waals surface area contributed by atoms with Crippen LogP contribution in [0.5, 0.6) is 0 Å².